The van der Waals surface area contributed by atoms with Crippen LogP contribution in [0, 0.1) is 0 Å². The van der Waals surface area contributed by atoms with Crippen LogP contribution < -0.4 is 41.0 Å². The number of hydrogen-bond acceptors (Lipinski definition) is 5. The number of rotatable bonds is 5. The van der Waals surface area contributed by atoms with E-state index in [2.05, 4.69) is 0 Å². The predicted molar refractivity (Wildman–Crippen MR) is 68.2 cm³/mol. The van der Waals surface area contributed by atoms with E-state index in [1.54, 1.807) is 0 Å². The van der Waals surface area contributed by atoms with E-state index in [9.17, 15) is 4.79 Å². The van der Waals surface area contributed by atoms with Crippen LogP contribution >= 0.6 is 15.6 Å². The molecule has 0 aliphatic rings. The van der Waals surface area contributed by atoms with Crippen molar-refractivity contribution >= 4 is 21.6 Å². The number of carboxylic acids is 1. The third-order valence-electron chi connectivity index (χ3n) is 1.29. The molecule has 0 aromatic heterocycles. The molecule has 0 amide bonds. The third kappa shape index (κ3) is 77.3. The summed E-state index contributed by atoms with van der Waals surface area (Å²) in [6, 6.07) is -0.716. The summed E-state index contributed by atoms with van der Waals surface area (Å²) in [6.07, 6.45) is 2.16. The molecule has 0 heterocycles. The molecule has 0 spiro atoms. The van der Waals surface area contributed by atoms with Gasteiger partial charge in [0.15, 0.2) is 0 Å². The fourth-order valence-electron chi connectivity index (χ4n) is 0.632. The van der Waals surface area contributed by atoms with E-state index >= 15 is 0 Å². The topological polar surface area (TPSA) is 245 Å². The van der Waals surface area contributed by atoms with Gasteiger partial charge >= 0.3 is 51.2 Å². The molecular formula is C6H21N2NaO10P2. The number of carbonyl (C=O) groups is 1. The molecule has 21 heavy (non-hydrogen) atoms. The van der Waals surface area contributed by atoms with Crippen LogP contribution in [0.4, 0.5) is 0 Å². The van der Waals surface area contributed by atoms with Crippen molar-refractivity contribution in [2.45, 2.75) is 25.3 Å². The predicted octanol–water partition coefficient (Wildman–Crippen LogP) is -5.21. The fourth-order valence-corrected chi connectivity index (χ4v) is 0.632. The summed E-state index contributed by atoms with van der Waals surface area (Å²) in [5, 5.41) is 8.33. The van der Waals surface area contributed by atoms with Gasteiger partial charge in [-0.1, -0.05) is 6.42 Å². The molecule has 1 atom stereocenters. The van der Waals surface area contributed by atoms with Gasteiger partial charge in [-0.15, -0.1) is 0 Å². The molecule has 1 unspecified atom stereocenters. The molecule has 0 radical (unpaired) electrons. The van der Waals surface area contributed by atoms with Crippen molar-refractivity contribution < 1.29 is 79.4 Å². The van der Waals surface area contributed by atoms with Gasteiger partial charge in [-0.05, 0) is 19.4 Å². The molecule has 12 nitrogen and oxygen atoms in total. The van der Waals surface area contributed by atoms with Gasteiger partial charge in [0.25, 0.3) is 0 Å². The number of hydrogen-bond donors (Lipinski definition) is 9. The zero-order valence-corrected chi connectivity index (χ0v) is 15.1. The fraction of sp³-hybridized carbons (Fsp3) is 0.833. The summed E-state index contributed by atoms with van der Waals surface area (Å²) < 4.78 is 17.8. The normalized spacial score (nSPS) is 11.8. The molecule has 0 bridgehead atoms. The first-order chi connectivity index (χ1) is 8.68. The third-order valence-corrected chi connectivity index (χ3v) is 1.29. The van der Waals surface area contributed by atoms with Gasteiger partial charge in [-0.3, -0.25) is 4.79 Å². The second kappa shape index (κ2) is 15.5. The molecule has 11 N–H and O–H groups in total. The maximum atomic E-state index is 10.1. The van der Waals surface area contributed by atoms with Gasteiger partial charge in [0, 0.05) is 0 Å². The van der Waals surface area contributed by atoms with E-state index in [1.165, 1.54) is 0 Å². The van der Waals surface area contributed by atoms with Crippen LogP contribution in [0.15, 0.2) is 0 Å². The zero-order chi connectivity index (χ0) is 17.0. The van der Waals surface area contributed by atoms with Crippen molar-refractivity contribution in [1.29, 1.82) is 0 Å². The summed E-state index contributed by atoms with van der Waals surface area (Å²) in [5.74, 6) is -0.933. The maximum Gasteiger partial charge on any atom is 1.00 e. The average molecular weight is 366 g/mol. The molecule has 15 heteroatoms. The zero-order valence-electron chi connectivity index (χ0n) is 12.3. The first-order valence-corrected chi connectivity index (χ1v) is 8.06. The Morgan fingerprint density at radius 2 is 1.29 bits per heavy atom. The minimum atomic E-state index is -4.64. The molecule has 0 aromatic carbocycles. The monoisotopic (exact) mass is 366 g/mol. The number of phosphoric acid groups is 2. The van der Waals surface area contributed by atoms with E-state index < -0.39 is 27.7 Å². The summed E-state index contributed by atoms with van der Waals surface area (Å²) in [6.45, 7) is 0.604. The minimum absolute atomic E-state index is 0. The van der Waals surface area contributed by atoms with Gasteiger partial charge in [0.2, 0.25) is 0 Å². The second-order valence-electron chi connectivity index (χ2n) is 3.26. The average Bonchev–Trinajstić information content (AvgIpc) is 2.12. The molecular weight excluding hydrogens is 345 g/mol. The molecule has 0 aromatic rings. The van der Waals surface area contributed by atoms with Crippen LogP contribution in [0.5, 0.6) is 0 Å². The van der Waals surface area contributed by atoms with E-state index in [0.29, 0.717) is 13.0 Å². The Morgan fingerprint density at radius 3 is 1.48 bits per heavy atom. The molecule has 0 rings (SSSR count). The first kappa shape index (κ1) is 29.6. The van der Waals surface area contributed by atoms with Crippen molar-refractivity contribution in [2.75, 3.05) is 6.54 Å². The van der Waals surface area contributed by atoms with Crippen molar-refractivity contribution in [3.8, 4) is 0 Å². The Hall–Kier alpha value is 0.610. The van der Waals surface area contributed by atoms with E-state index in [0.717, 1.165) is 12.8 Å². The molecule has 0 aliphatic heterocycles. The molecule has 0 saturated heterocycles. The van der Waals surface area contributed by atoms with Crippen LogP contribution in [0.2, 0.25) is 0 Å². The standard InChI is InChI=1S/C6H14N2O2.Na.2H3O4P.H/c7-4-2-1-3-5(8)6(9)10;;2*1-5(2,3)4;/h5H,1-4,7-8H2,(H,9,10);;2*(H3,1,2,3,4);/q;+1;;;-1. The van der Waals surface area contributed by atoms with Gasteiger partial charge in [0.05, 0.1) is 0 Å². The van der Waals surface area contributed by atoms with Gasteiger partial charge in [0.1, 0.15) is 6.04 Å². The number of aliphatic carboxylic acids is 1. The number of nitrogens with two attached hydrogens (primary N) is 2. The number of carboxylic acid groups (broad SMARTS) is 1. The molecule has 0 saturated carbocycles. The van der Waals surface area contributed by atoms with Gasteiger partial charge < -0.3 is 47.4 Å². The summed E-state index contributed by atoms with van der Waals surface area (Å²) >= 11 is 0. The Bertz CT molecular complexity index is 314. The molecule has 0 aliphatic carbocycles. The van der Waals surface area contributed by atoms with Crippen molar-refractivity contribution in [3.63, 3.8) is 0 Å². The van der Waals surface area contributed by atoms with Gasteiger partial charge in [-0.25, -0.2) is 9.13 Å². The van der Waals surface area contributed by atoms with Crippen LogP contribution in [0.3, 0.4) is 0 Å². The Morgan fingerprint density at radius 1 is 1.00 bits per heavy atom. The van der Waals surface area contributed by atoms with Crippen molar-refractivity contribution in [2.24, 2.45) is 11.5 Å². The van der Waals surface area contributed by atoms with E-state index in [4.69, 9.17) is 55.1 Å². The quantitative estimate of drug-likeness (QED) is 0.126. The van der Waals surface area contributed by atoms with Crippen LogP contribution in [-0.2, 0) is 13.9 Å². The SMILES string of the molecule is NCCCCC(N)C(=O)O.O=P(O)(O)O.O=P(O)(O)O.[H-].[Na+]. The van der Waals surface area contributed by atoms with Gasteiger partial charge in [-0.2, -0.15) is 0 Å². The number of unbranched alkanes of at least 4 members (excludes halogenated alkanes) is 1. The van der Waals surface area contributed by atoms with Crippen LogP contribution in [-0.4, -0.2) is 53.0 Å². The Balaban J connectivity index is -0.0000000692. The minimum Gasteiger partial charge on any atom is -1.00 e. The summed E-state index contributed by atoms with van der Waals surface area (Å²) in [7, 11) is -9.28. The maximum absolute atomic E-state index is 10.1. The van der Waals surface area contributed by atoms with Crippen molar-refractivity contribution in [1.82, 2.24) is 0 Å². The van der Waals surface area contributed by atoms with Crippen molar-refractivity contribution in [3.05, 3.63) is 0 Å². The van der Waals surface area contributed by atoms with Crippen LogP contribution in [0.25, 0.3) is 0 Å². The van der Waals surface area contributed by atoms with Crippen LogP contribution in [0.1, 0.15) is 20.7 Å². The van der Waals surface area contributed by atoms with E-state index in [1.807, 2.05) is 0 Å². The first-order valence-electron chi connectivity index (χ1n) is 4.93. The second-order valence-corrected chi connectivity index (χ2v) is 5.31. The molecule has 126 valence electrons. The van der Waals surface area contributed by atoms with E-state index in [-0.39, 0.29) is 31.0 Å². The smallest absolute Gasteiger partial charge is 1.00 e. The molecule has 0 fully saturated rings. The summed E-state index contributed by atoms with van der Waals surface area (Å²) in [5.41, 5.74) is 10.4. The summed E-state index contributed by atoms with van der Waals surface area (Å²) in [4.78, 5) is 53.3. The largest absolute Gasteiger partial charge is 1.00 e. The Labute approximate surface area is 144 Å². The Kier molecular flexibility index (Phi) is 21.9.